The molecule has 2 heterocycles. The topological polar surface area (TPSA) is 69.6 Å². The van der Waals surface area contributed by atoms with E-state index in [1.54, 1.807) is 16.7 Å². The van der Waals surface area contributed by atoms with E-state index in [1.807, 2.05) is 24.3 Å². The molecule has 5 nitrogen and oxygen atoms in total. The Balaban J connectivity index is 1.46. The van der Waals surface area contributed by atoms with E-state index in [1.165, 1.54) is 77.0 Å². The van der Waals surface area contributed by atoms with Crippen molar-refractivity contribution in [3.8, 4) is 0 Å². The maximum atomic E-state index is 13.2. The molecule has 3 rings (SSSR count). The smallest absolute Gasteiger partial charge is 0.256 e. The Morgan fingerprint density at radius 3 is 1.95 bits per heavy atom. The minimum Gasteiger partial charge on any atom is -0.366 e. The van der Waals surface area contributed by atoms with Crippen molar-refractivity contribution >= 4 is 23.6 Å². The SMILES string of the molecule is O=C1CCCCCCCCCCSCC2(O)c3ccccc3C(=O)N2CCCCCCCCCCCCN1. The number of aliphatic hydroxyl groups is 1. The third-order valence-corrected chi connectivity index (χ3v) is 9.34. The monoisotopic (exact) mass is 544 g/mol. The van der Waals surface area contributed by atoms with E-state index in [-0.39, 0.29) is 11.8 Å². The number of nitrogens with one attached hydrogen (secondary N) is 1. The molecule has 1 saturated heterocycles. The number of carbonyl (C=O) groups excluding carboxylic acids is 2. The Morgan fingerprint density at radius 2 is 1.26 bits per heavy atom. The number of amides is 2. The first-order valence-corrected chi connectivity index (χ1v) is 16.8. The fourth-order valence-corrected chi connectivity index (χ4v) is 6.96. The molecule has 38 heavy (non-hydrogen) atoms. The van der Waals surface area contributed by atoms with Crippen molar-refractivity contribution in [2.75, 3.05) is 24.6 Å². The van der Waals surface area contributed by atoms with Crippen LogP contribution in [0.2, 0.25) is 0 Å². The van der Waals surface area contributed by atoms with Crippen LogP contribution in [0.25, 0.3) is 0 Å². The molecule has 0 aliphatic carbocycles. The van der Waals surface area contributed by atoms with Gasteiger partial charge in [0.2, 0.25) is 5.91 Å². The van der Waals surface area contributed by atoms with Crippen LogP contribution in [0.3, 0.4) is 0 Å². The molecule has 1 atom stereocenters. The van der Waals surface area contributed by atoms with Crippen LogP contribution in [0.1, 0.15) is 138 Å². The molecular formula is C32H52N2O3S. The summed E-state index contributed by atoms with van der Waals surface area (Å²) in [6.07, 6.45) is 22.0. The molecule has 0 aromatic heterocycles. The molecule has 1 aromatic rings. The van der Waals surface area contributed by atoms with E-state index in [0.717, 1.165) is 56.4 Å². The fraction of sp³-hybridized carbons (Fsp3) is 0.750. The van der Waals surface area contributed by atoms with Gasteiger partial charge in [0.25, 0.3) is 5.91 Å². The zero-order valence-corrected chi connectivity index (χ0v) is 24.5. The first-order valence-electron chi connectivity index (χ1n) is 15.6. The van der Waals surface area contributed by atoms with Crippen LogP contribution < -0.4 is 5.32 Å². The minimum absolute atomic E-state index is 0.0112. The Bertz CT molecular complexity index is 833. The minimum atomic E-state index is -1.18. The van der Waals surface area contributed by atoms with Gasteiger partial charge in [0, 0.05) is 36.4 Å². The summed E-state index contributed by atoms with van der Waals surface area (Å²) in [5, 5.41) is 14.9. The standard InChI is InChI=1S/C32H52N2O3S/c35-30-23-15-11-7-3-6-10-14-20-26-38-27-32(37)29-22-17-16-21-28(29)31(36)34(32)25-19-13-9-5-2-1-4-8-12-18-24-33-30/h16-17,21-22,37H,1-15,18-20,23-27H2,(H,33,35). The van der Waals surface area contributed by atoms with Gasteiger partial charge in [0.1, 0.15) is 0 Å². The molecule has 1 aromatic carbocycles. The van der Waals surface area contributed by atoms with Crippen molar-refractivity contribution < 1.29 is 14.7 Å². The van der Waals surface area contributed by atoms with Crippen molar-refractivity contribution in [3.63, 3.8) is 0 Å². The summed E-state index contributed by atoms with van der Waals surface area (Å²) in [7, 11) is 0. The van der Waals surface area contributed by atoms with Gasteiger partial charge in [-0.3, -0.25) is 9.59 Å². The molecule has 1 unspecified atom stereocenters. The molecule has 0 radical (unpaired) electrons. The number of nitrogens with zero attached hydrogens (tertiary/aromatic N) is 1. The Hall–Kier alpha value is -1.53. The van der Waals surface area contributed by atoms with Gasteiger partial charge in [-0.25, -0.2) is 0 Å². The fourth-order valence-electron chi connectivity index (χ4n) is 5.81. The molecule has 2 N–H and O–H groups in total. The lowest BCUT2D eigenvalue weighted by molar-refractivity contribution is -0.121. The van der Waals surface area contributed by atoms with Crippen LogP contribution in [-0.2, 0) is 10.5 Å². The van der Waals surface area contributed by atoms with Gasteiger partial charge in [-0.05, 0) is 37.5 Å². The Morgan fingerprint density at radius 1 is 0.711 bits per heavy atom. The van der Waals surface area contributed by atoms with Crippen LogP contribution in [0, 0.1) is 0 Å². The van der Waals surface area contributed by atoms with Crippen LogP contribution in [0.4, 0.5) is 0 Å². The summed E-state index contributed by atoms with van der Waals surface area (Å²) in [4.78, 5) is 26.9. The highest BCUT2D eigenvalue weighted by molar-refractivity contribution is 7.99. The average Bonchev–Trinajstić information content (AvgIpc) is 3.13. The summed E-state index contributed by atoms with van der Waals surface area (Å²) in [5.41, 5.74) is 0.276. The van der Waals surface area contributed by atoms with Crippen molar-refractivity contribution in [1.82, 2.24) is 10.2 Å². The maximum absolute atomic E-state index is 13.2. The molecule has 1 fully saturated rings. The summed E-state index contributed by atoms with van der Waals surface area (Å²) in [6.45, 7) is 1.46. The number of hydrogen-bond acceptors (Lipinski definition) is 4. The summed E-state index contributed by atoms with van der Waals surface area (Å²) in [5.74, 6) is 1.78. The number of rotatable bonds is 0. The molecule has 0 saturated carbocycles. The maximum Gasteiger partial charge on any atom is 0.256 e. The Kier molecular flexibility index (Phi) is 14.6. The summed E-state index contributed by atoms with van der Waals surface area (Å²) in [6, 6.07) is 7.64. The average molecular weight is 545 g/mol. The van der Waals surface area contributed by atoms with Gasteiger partial charge in [-0.1, -0.05) is 108 Å². The molecular weight excluding hydrogens is 492 g/mol. The van der Waals surface area contributed by atoms with Crippen LogP contribution in [0.15, 0.2) is 24.3 Å². The summed E-state index contributed by atoms with van der Waals surface area (Å²) < 4.78 is 0. The zero-order chi connectivity index (χ0) is 26.9. The molecule has 0 spiro atoms. The number of carbonyl (C=O) groups is 2. The van der Waals surface area contributed by atoms with Crippen molar-refractivity contribution in [2.24, 2.45) is 0 Å². The first-order chi connectivity index (χ1) is 18.6. The van der Waals surface area contributed by atoms with Gasteiger partial charge in [0.05, 0.1) is 0 Å². The predicted octanol–water partition coefficient (Wildman–Crippen LogP) is 7.56. The second kappa shape index (κ2) is 17.9. The van der Waals surface area contributed by atoms with Gasteiger partial charge in [-0.2, -0.15) is 11.8 Å². The number of thioether (sulfide) groups is 1. The highest BCUT2D eigenvalue weighted by atomic mass is 32.2. The van der Waals surface area contributed by atoms with Gasteiger partial charge in [-0.15, -0.1) is 0 Å². The second-order valence-electron chi connectivity index (χ2n) is 11.3. The van der Waals surface area contributed by atoms with Crippen molar-refractivity contribution in [3.05, 3.63) is 35.4 Å². The molecule has 214 valence electrons. The van der Waals surface area contributed by atoms with Crippen molar-refractivity contribution in [1.29, 1.82) is 0 Å². The Labute approximate surface area is 235 Å². The molecule has 6 heteroatoms. The largest absolute Gasteiger partial charge is 0.366 e. The van der Waals surface area contributed by atoms with E-state index < -0.39 is 5.72 Å². The molecule has 2 aliphatic rings. The lowest BCUT2D eigenvalue weighted by atomic mass is 10.0. The highest BCUT2D eigenvalue weighted by Crippen LogP contribution is 2.39. The molecule has 2 amide bonds. The van der Waals surface area contributed by atoms with Gasteiger partial charge >= 0.3 is 0 Å². The van der Waals surface area contributed by atoms with Gasteiger partial charge in [0.15, 0.2) is 5.72 Å². The predicted molar refractivity (Wildman–Crippen MR) is 159 cm³/mol. The summed E-state index contributed by atoms with van der Waals surface area (Å²) >= 11 is 1.78. The first kappa shape index (κ1) is 31.0. The third-order valence-electron chi connectivity index (χ3n) is 8.16. The highest BCUT2D eigenvalue weighted by Gasteiger charge is 2.47. The molecule has 0 bridgehead atoms. The number of hydrogen-bond donors (Lipinski definition) is 2. The second-order valence-corrected chi connectivity index (χ2v) is 12.4. The lowest BCUT2D eigenvalue weighted by Gasteiger charge is -2.34. The lowest BCUT2D eigenvalue weighted by Crippen LogP contribution is -2.46. The van der Waals surface area contributed by atoms with Crippen LogP contribution >= 0.6 is 11.8 Å². The normalized spacial score (nSPS) is 25.4. The van der Waals surface area contributed by atoms with Crippen LogP contribution in [0.5, 0.6) is 0 Å². The van der Waals surface area contributed by atoms with E-state index in [2.05, 4.69) is 5.32 Å². The van der Waals surface area contributed by atoms with E-state index >= 15 is 0 Å². The third kappa shape index (κ3) is 10.2. The van der Waals surface area contributed by atoms with Gasteiger partial charge < -0.3 is 15.3 Å². The van der Waals surface area contributed by atoms with E-state index in [4.69, 9.17) is 0 Å². The van der Waals surface area contributed by atoms with E-state index in [0.29, 0.717) is 24.3 Å². The quantitative estimate of drug-likeness (QED) is 0.353. The van der Waals surface area contributed by atoms with Crippen molar-refractivity contribution in [2.45, 2.75) is 128 Å². The number of fused-ring (bicyclic) bond motifs is 3. The van der Waals surface area contributed by atoms with Crippen LogP contribution in [-0.4, -0.2) is 46.4 Å². The van der Waals surface area contributed by atoms with E-state index in [9.17, 15) is 14.7 Å². The number of benzene rings is 1. The zero-order valence-electron chi connectivity index (χ0n) is 23.7. The molecule has 2 aliphatic heterocycles.